The van der Waals surface area contributed by atoms with E-state index in [1.54, 1.807) is 32.9 Å². The molecule has 154 valence electrons. The van der Waals surface area contributed by atoms with Crippen molar-refractivity contribution in [2.45, 2.75) is 57.4 Å². The number of nitrogens with one attached hydrogen (secondary N) is 3. The zero-order chi connectivity index (χ0) is 19.4. The highest BCUT2D eigenvalue weighted by Gasteiger charge is 2.24. The maximum Gasteiger partial charge on any atom is 0.241 e. The summed E-state index contributed by atoms with van der Waals surface area (Å²) in [5, 5.41) is 6.21. The molecule has 0 aromatic heterocycles. The Balaban J connectivity index is 0.00000364. The average Bonchev–Trinajstić information content (AvgIpc) is 2.53. The summed E-state index contributed by atoms with van der Waals surface area (Å²) in [6.45, 7) is 9.48. The second kappa shape index (κ2) is 9.87. The van der Waals surface area contributed by atoms with Gasteiger partial charge in [0.15, 0.2) is 0 Å². The van der Waals surface area contributed by atoms with Gasteiger partial charge in [-0.25, -0.2) is 13.1 Å². The van der Waals surface area contributed by atoms with E-state index in [1.165, 1.54) is 12.1 Å². The lowest BCUT2D eigenvalue weighted by Gasteiger charge is -2.28. The van der Waals surface area contributed by atoms with Gasteiger partial charge in [-0.3, -0.25) is 4.79 Å². The van der Waals surface area contributed by atoms with E-state index >= 15 is 0 Å². The number of carbonyl (C=O) groups excluding carboxylic acids is 1. The van der Waals surface area contributed by atoms with Gasteiger partial charge in [-0.15, -0.1) is 12.4 Å². The summed E-state index contributed by atoms with van der Waals surface area (Å²) in [6, 6.07) is 6.38. The van der Waals surface area contributed by atoms with Crippen LogP contribution in [0.2, 0.25) is 0 Å². The van der Waals surface area contributed by atoms with Gasteiger partial charge in [-0.05, 0) is 76.7 Å². The minimum absolute atomic E-state index is 0. The second-order valence-electron chi connectivity index (χ2n) is 8.22. The van der Waals surface area contributed by atoms with Crippen LogP contribution in [0.25, 0.3) is 0 Å². The molecule has 1 aromatic rings. The molecule has 27 heavy (non-hydrogen) atoms. The largest absolute Gasteiger partial charge is 0.326 e. The Morgan fingerprint density at radius 1 is 1.33 bits per heavy atom. The highest BCUT2D eigenvalue weighted by molar-refractivity contribution is 7.89. The molecule has 1 aliphatic rings. The number of sulfonamides is 1. The number of benzene rings is 1. The van der Waals surface area contributed by atoms with Gasteiger partial charge in [0.25, 0.3) is 0 Å². The van der Waals surface area contributed by atoms with Crippen molar-refractivity contribution in [1.82, 2.24) is 10.0 Å². The SMILES string of the molecule is CC(CC(=O)Nc1cccc(S(=O)(=O)NC(C)(C)C)c1)C1CCCNC1.Cl. The van der Waals surface area contributed by atoms with E-state index in [9.17, 15) is 13.2 Å². The van der Waals surface area contributed by atoms with Gasteiger partial charge >= 0.3 is 0 Å². The Hall–Kier alpha value is -1.15. The van der Waals surface area contributed by atoms with Crippen LogP contribution in [0, 0.1) is 11.8 Å². The number of anilines is 1. The summed E-state index contributed by atoms with van der Waals surface area (Å²) in [5.41, 5.74) is -0.0672. The maximum atomic E-state index is 12.4. The van der Waals surface area contributed by atoms with E-state index in [2.05, 4.69) is 22.3 Å². The maximum absolute atomic E-state index is 12.4. The molecule has 1 amide bonds. The summed E-state index contributed by atoms with van der Waals surface area (Å²) in [7, 11) is -3.63. The first kappa shape index (κ1) is 23.9. The van der Waals surface area contributed by atoms with Crippen molar-refractivity contribution in [3.63, 3.8) is 0 Å². The first-order valence-electron chi connectivity index (χ1n) is 9.21. The second-order valence-corrected chi connectivity index (χ2v) is 9.90. The normalized spacial score (nSPS) is 19.0. The predicted molar refractivity (Wildman–Crippen MR) is 112 cm³/mol. The number of hydrogen-bond donors (Lipinski definition) is 3. The molecule has 1 fully saturated rings. The molecule has 1 aromatic carbocycles. The van der Waals surface area contributed by atoms with Crippen LogP contribution in [0.4, 0.5) is 5.69 Å². The third kappa shape index (κ3) is 7.78. The standard InChI is InChI=1S/C19H31N3O3S.ClH/c1-14(15-7-6-10-20-13-15)11-18(23)21-16-8-5-9-17(12-16)26(24,25)22-19(2,3)4;/h5,8-9,12,14-15,20,22H,6-7,10-11,13H2,1-4H3,(H,21,23);1H. The monoisotopic (exact) mass is 417 g/mol. The number of amides is 1. The molecule has 0 radical (unpaired) electrons. The van der Waals surface area contributed by atoms with Crippen molar-refractivity contribution >= 4 is 34.0 Å². The molecule has 2 unspecified atom stereocenters. The van der Waals surface area contributed by atoms with Gasteiger partial charge in [0.05, 0.1) is 4.90 Å². The fourth-order valence-corrected chi connectivity index (χ4v) is 4.70. The van der Waals surface area contributed by atoms with Crippen LogP contribution in [-0.4, -0.2) is 33.0 Å². The number of hydrogen-bond acceptors (Lipinski definition) is 4. The van der Waals surface area contributed by atoms with Crippen LogP contribution in [0.5, 0.6) is 0 Å². The highest BCUT2D eigenvalue weighted by atomic mass is 35.5. The molecule has 8 heteroatoms. The quantitative estimate of drug-likeness (QED) is 0.663. The molecule has 0 aliphatic carbocycles. The van der Waals surface area contributed by atoms with Gasteiger partial charge in [0.2, 0.25) is 15.9 Å². The van der Waals surface area contributed by atoms with Crippen molar-refractivity contribution in [3.8, 4) is 0 Å². The molecule has 0 spiro atoms. The fourth-order valence-electron chi connectivity index (χ4n) is 3.24. The predicted octanol–water partition coefficient (Wildman–Crippen LogP) is 3.15. The summed E-state index contributed by atoms with van der Waals surface area (Å²) in [4.78, 5) is 12.5. The Morgan fingerprint density at radius 3 is 2.63 bits per heavy atom. The van der Waals surface area contributed by atoms with Crippen molar-refractivity contribution in [2.24, 2.45) is 11.8 Å². The Morgan fingerprint density at radius 2 is 2.04 bits per heavy atom. The van der Waals surface area contributed by atoms with Crippen LogP contribution in [0.3, 0.4) is 0 Å². The number of carbonyl (C=O) groups is 1. The first-order valence-corrected chi connectivity index (χ1v) is 10.7. The minimum atomic E-state index is -3.63. The van der Waals surface area contributed by atoms with Crippen LogP contribution >= 0.6 is 12.4 Å². The lowest BCUT2D eigenvalue weighted by atomic mass is 9.85. The molecular formula is C19H32ClN3O3S. The zero-order valence-electron chi connectivity index (χ0n) is 16.5. The van der Waals surface area contributed by atoms with E-state index in [1.807, 2.05) is 0 Å². The third-order valence-corrected chi connectivity index (χ3v) is 6.27. The topological polar surface area (TPSA) is 87.3 Å². The van der Waals surface area contributed by atoms with Gasteiger partial charge in [-0.1, -0.05) is 13.0 Å². The molecule has 1 heterocycles. The molecular weight excluding hydrogens is 386 g/mol. The van der Waals surface area contributed by atoms with E-state index < -0.39 is 15.6 Å². The van der Waals surface area contributed by atoms with E-state index in [0.717, 1.165) is 25.9 Å². The Kier molecular flexibility index (Phi) is 8.73. The molecule has 0 saturated carbocycles. The van der Waals surface area contributed by atoms with Crippen molar-refractivity contribution < 1.29 is 13.2 Å². The minimum Gasteiger partial charge on any atom is -0.326 e. The highest BCUT2D eigenvalue weighted by Crippen LogP contribution is 2.23. The lowest BCUT2D eigenvalue weighted by Crippen LogP contribution is -2.40. The van der Waals surface area contributed by atoms with Crippen LogP contribution in [0.15, 0.2) is 29.2 Å². The molecule has 2 rings (SSSR count). The summed E-state index contributed by atoms with van der Waals surface area (Å²) in [5.74, 6) is 0.718. The fraction of sp³-hybridized carbons (Fsp3) is 0.632. The van der Waals surface area contributed by atoms with Crippen molar-refractivity contribution in [1.29, 1.82) is 0 Å². The smallest absolute Gasteiger partial charge is 0.241 e. The molecule has 6 nitrogen and oxygen atoms in total. The van der Waals surface area contributed by atoms with E-state index in [-0.39, 0.29) is 29.1 Å². The number of rotatable bonds is 6. The van der Waals surface area contributed by atoms with E-state index in [4.69, 9.17) is 0 Å². The van der Waals surface area contributed by atoms with Gasteiger partial charge < -0.3 is 10.6 Å². The van der Waals surface area contributed by atoms with Crippen molar-refractivity contribution in [3.05, 3.63) is 24.3 Å². The van der Waals surface area contributed by atoms with Crippen LogP contribution in [-0.2, 0) is 14.8 Å². The van der Waals surface area contributed by atoms with Gasteiger partial charge in [0, 0.05) is 17.6 Å². The summed E-state index contributed by atoms with van der Waals surface area (Å²) in [6.07, 6.45) is 2.73. The van der Waals surface area contributed by atoms with Gasteiger partial charge in [-0.2, -0.15) is 0 Å². The molecule has 0 bridgehead atoms. The first-order chi connectivity index (χ1) is 12.1. The Labute approximate surface area is 169 Å². The molecule has 3 N–H and O–H groups in total. The summed E-state index contributed by atoms with van der Waals surface area (Å²) >= 11 is 0. The Bertz CT molecular complexity index is 726. The van der Waals surface area contributed by atoms with E-state index in [0.29, 0.717) is 18.0 Å². The zero-order valence-corrected chi connectivity index (χ0v) is 18.2. The molecule has 1 saturated heterocycles. The van der Waals surface area contributed by atoms with Crippen molar-refractivity contribution in [2.75, 3.05) is 18.4 Å². The molecule has 1 aliphatic heterocycles. The van der Waals surface area contributed by atoms with Crippen LogP contribution in [0.1, 0.15) is 47.0 Å². The lowest BCUT2D eigenvalue weighted by molar-refractivity contribution is -0.117. The number of halogens is 1. The number of piperidine rings is 1. The average molecular weight is 418 g/mol. The third-order valence-electron chi connectivity index (χ3n) is 4.52. The summed E-state index contributed by atoms with van der Waals surface area (Å²) < 4.78 is 27.5. The molecule has 2 atom stereocenters. The van der Waals surface area contributed by atoms with Gasteiger partial charge in [0.1, 0.15) is 0 Å². The van der Waals surface area contributed by atoms with Crippen LogP contribution < -0.4 is 15.4 Å².